The number of nitrogens with zero attached hydrogens (tertiary/aromatic N) is 1. The second-order valence-electron chi connectivity index (χ2n) is 7.37. The monoisotopic (exact) mass is 432 g/mol. The molecule has 1 fully saturated rings. The van der Waals surface area contributed by atoms with Crippen LogP contribution in [0, 0.1) is 13.8 Å². The first-order valence-electron chi connectivity index (χ1n) is 10.00. The molecule has 0 aliphatic carbocycles. The van der Waals surface area contributed by atoms with E-state index in [1.165, 1.54) is 17.5 Å². The summed E-state index contributed by atoms with van der Waals surface area (Å²) in [5.41, 5.74) is 2.43. The number of rotatable bonds is 7. The molecule has 1 aliphatic heterocycles. The van der Waals surface area contributed by atoms with Gasteiger partial charge in [-0.2, -0.15) is 4.31 Å². The maximum absolute atomic E-state index is 13.1. The smallest absolute Gasteiger partial charge is 0.262 e. The molecule has 1 amide bonds. The van der Waals surface area contributed by atoms with Crippen LogP contribution in [0.2, 0.25) is 0 Å². The molecule has 1 heterocycles. The number of sulfonamides is 1. The lowest BCUT2D eigenvalue weighted by Gasteiger charge is -2.26. The lowest BCUT2D eigenvalue weighted by molar-refractivity contribution is -0.118. The molecule has 1 aliphatic rings. The number of carbonyl (C=O) groups excluding carboxylic acids is 1. The summed E-state index contributed by atoms with van der Waals surface area (Å²) < 4.78 is 38.6. The quantitative estimate of drug-likeness (QED) is 0.724. The maximum Gasteiger partial charge on any atom is 0.262 e. The minimum atomic E-state index is -3.70. The third-order valence-corrected chi connectivity index (χ3v) is 7.21. The van der Waals surface area contributed by atoms with Gasteiger partial charge in [0.25, 0.3) is 5.91 Å². The predicted octanol–water partition coefficient (Wildman–Crippen LogP) is 3.50. The minimum absolute atomic E-state index is 0.0557. The van der Waals surface area contributed by atoms with Crippen molar-refractivity contribution < 1.29 is 22.7 Å². The number of carbonyl (C=O) groups is 1. The first kappa shape index (κ1) is 22.1. The normalized spacial score (nSPS) is 14.9. The van der Waals surface area contributed by atoms with Gasteiger partial charge in [-0.15, -0.1) is 0 Å². The summed E-state index contributed by atoms with van der Waals surface area (Å²) in [6.07, 6.45) is 2.71. The van der Waals surface area contributed by atoms with Gasteiger partial charge in [0.05, 0.1) is 7.11 Å². The minimum Gasteiger partial charge on any atom is -0.495 e. The standard InChI is InChI=1S/C22H28N2O5S/c1-16-8-7-9-19(17(16)2)29-15-22(25)23-18-10-11-20(28-3)21(14-18)30(26,27)24-12-5-4-6-13-24/h7-11,14H,4-6,12-13,15H2,1-3H3,(H,23,25). The Morgan fingerprint density at radius 2 is 1.80 bits per heavy atom. The van der Waals surface area contributed by atoms with E-state index in [1.54, 1.807) is 12.1 Å². The first-order chi connectivity index (χ1) is 14.3. The lowest BCUT2D eigenvalue weighted by Crippen LogP contribution is -2.35. The summed E-state index contributed by atoms with van der Waals surface area (Å²) in [7, 11) is -2.27. The van der Waals surface area contributed by atoms with E-state index in [2.05, 4.69) is 5.32 Å². The summed E-state index contributed by atoms with van der Waals surface area (Å²) in [5, 5.41) is 2.71. The van der Waals surface area contributed by atoms with Crippen molar-refractivity contribution in [3.63, 3.8) is 0 Å². The molecule has 0 saturated carbocycles. The Hall–Kier alpha value is -2.58. The van der Waals surface area contributed by atoms with E-state index in [4.69, 9.17) is 9.47 Å². The molecule has 0 atom stereocenters. The number of hydrogen-bond acceptors (Lipinski definition) is 5. The Kier molecular flexibility index (Phi) is 6.99. The van der Waals surface area contributed by atoms with Gasteiger partial charge >= 0.3 is 0 Å². The number of methoxy groups -OCH3 is 1. The molecular formula is C22H28N2O5S. The van der Waals surface area contributed by atoms with Crippen LogP contribution in [0.4, 0.5) is 5.69 Å². The zero-order valence-corrected chi connectivity index (χ0v) is 18.4. The third-order valence-electron chi connectivity index (χ3n) is 5.29. The van der Waals surface area contributed by atoms with E-state index in [-0.39, 0.29) is 23.2 Å². The highest BCUT2D eigenvalue weighted by Crippen LogP contribution is 2.31. The maximum atomic E-state index is 13.1. The SMILES string of the molecule is COc1ccc(NC(=O)COc2cccc(C)c2C)cc1S(=O)(=O)N1CCCCC1. The molecule has 0 aromatic heterocycles. The van der Waals surface area contributed by atoms with Crippen LogP contribution in [0.25, 0.3) is 0 Å². The summed E-state index contributed by atoms with van der Waals surface area (Å²) in [6, 6.07) is 10.3. The van der Waals surface area contributed by atoms with E-state index < -0.39 is 10.0 Å². The average Bonchev–Trinajstić information content (AvgIpc) is 2.75. The number of amides is 1. The molecule has 0 spiro atoms. The lowest BCUT2D eigenvalue weighted by atomic mass is 10.1. The molecule has 162 valence electrons. The van der Waals surface area contributed by atoms with E-state index in [0.717, 1.165) is 30.4 Å². The molecule has 8 heteroatoms. The van der Waals surface area contributed by atoms with Crippen molar-refractivity contribution in [3.8, 4) is 11.5 Å². The van der Waals surface area contributed by atoms with Gasteiger partial charge in [-0.25, -0.2) is 8.42 Å². The van der Waals surface area contributed by atoms with Gasteiger partial charge in [0, 0.05) is 18.8 Å². The molecule has 1 saturated heterocycles. The fourth-order valence-electron chi connectivity index (χ4n) is 3.42. The summed E-state index contributed by atoms with van der Waals surface area (Å²) >= 11 is 0. The van der Waals surface area contributed by atoms with E-state index in [9.17, 15) is 13.2 Å². The zero-order valence-electron chi connectivity index (χ0n) is 17.6. The summed E-state index contributed by atoms with van der Waals surface area (Å²) in [5.74, 6) is 0.529. The van der Waals surface area contributed by atoms with Crippen molar-refractivity contribution in [2.24, 2.45) is 0 Å². The highest BCUT2D eigenvalue weighted by atomic mass is 32.2. The Morgan fingerprint density at radius 1 is 1.07 bits per heavy atom. The fourth-order valence-corrected chi connectivity index (χ4v) is 5.12. The van der Waals surface area contributed by atoms with E-state index in [0.29, 0.717) is 24.5 Å². The van der Waals surface area contributed by atoms with Crippen LogP contribution < -0.4 is 14.8 Å². The molecule has 2 aromatic rings. The number of anilines is 1. The van der Waals surface area contributed by atoms with Crippen LogP contribution in [0.5, 0.6) is 11.5 Å². The molecule has 0 bridgehead atoms. The van der Waals surface area contributed by atoms with Crippen LogP contribution in [0.1, 0.15) is 30.4 Å². The van der Waals surface area contributed by atoms with Crippen molar-refractivity contribution in [1.29, 1.82) is 0 Å². The topological polar surface area (TPSA) is 84.9 Å². The molecule has 2 aromatic carbocycles. The first-order valence-corrected chi connectivity index (χ1v) is 11.4. The van der Waals surface area contributed by atoms with Crippen LogP contribution in [0.3, 0.4) is 0 Å². The Morgan fingerprint density at radius 3 is 2.50 bits per heavy atom. The number of piperidine rings is 1. The second kappa shape index (κ2) is 9.49. The van der Waals surface area contributed by atoms with Crippen LogP contribution >= 0.6 is 0 Å². The summed E-state index contributed by atoms with van der Waals surface area (Å²) in [4.78, 5) is 12.4. The predicted molar refractivity (Wildman–Crippen MR) is 116 cm³/mol. The van der Waals surface area contributed by atoms with Gasteiger partial charge in [0.2, 0.25) is 10.0 Å². The molecule has 1 N–H and O–H groups in total. The Bertz CT molecular complexity index is 1010. The van der Waals surface area contributed by atoms with Gasteiger partial charge in [-0.1, -0.05) is 18.6 Å². The molecule has 30 heavy (non-hydrogen) atoms. The van der Waals surface area contributed by atoms with Crippen molar-refractivity contribution in [3.05, 3.63) is 47.5 Å². The summed E-state index contributed by atoms with van der Waals surface area (Å²) in [6.45, 7) is 4.72. The van der Waals surface area contributed by atoms with Gasteiger partial charge in [0.15, 0.2) is 6.61 Å². The molecule has 0 unspecified atom stereocenters. The number of ether oxygens (including phenoxy) is 2. The molecule has 7 nitrogen and oxygen atoms in total. The number of benzene rings is 2. The van der Waals surface area contributed by atoms with Gasteiger partial charge in [0.1, 0.15) is 16.4 Å². The Labute approximate surface area is 178 Å². The fraction of sp³-hybridized carbons (Fsp3) is 0.409. The molecular weight excluding hydrogens is 404 g/mol. The second-order valence-corrected chi connectivity index (χ2v) is 9.27. The zero-order chi connectivity index (χ0) is 21.7. The van der Waals surface area contributed by atoms with Crippen LogP contribution in [-0.2, 0) is 14.8 Å². The van der Waals surface area contributed by atoms with E-state index >= 15 is 0 Å². The molecule has 3 rings (SSSR count). The Balaban J connectivity index is 1.74. The largest absolute Gasteiger partial charge is 0.495 e. The van der Waals surface area contributed by atoms with Crippen molar-refractivity contribution >= 4 is 21.6 Å². The number of aryl methyl sites for hydroxylation is 1. The highest BCUT2D eigenvalue weighted by Gasteiger charge is 2.29. The van der Waals surface area contributed by atoms with Crippen molar-refractivity contribution in [1.82, 2.24) is 4.31 Å². The average molecular weight is 433 g/mol. The van der Waals surface area contributed by atoms with Gasteiger partial charge < -0.3 is 14.8 Å². The van der Waals surface area contributed by atoms with Crippen LogP contribution in [-0.4, -0.2) is 45.4 Å². The number of nitrogens with one attached hydrogen (secondary N) is 1. The van der Waals surface area contributed by atoms with Crippen molar-refractivity contribution in [2.45, 2.75) is 38.0 Å². The van der Waals surface area contributed by atoms with E-state index in [1.807, 2.05) is 32.0 Å². The van der Waals surface area contributed by atoms with Gasteiger partial charge in [-0.05, 0) is 62.1 Å². The van der Waals surface area contributed by atoms with Crippen molar-refractivity contribution in [2.75, 3.05) is 32.1 Å². The van der Waals surface area contributed by atoms with Crippen LogP contribution in [0.15, 0.2) is 41.3 Å². The molecule has 0 radical (unpaired) electrons. The number of hydrogen-bond donors (Lipinski definition) is 1. The third kappa shape index (κ3) is 4.94. The highest BCUT2D eigenvalue weighted by molar-refractivity contribution is 7.89. The van der Waals surface area contributed by atoms with Gasteiger partial charge in [-0.3, -0.25) is 4.79 Å².